The molecule has 2 aromatic rings. The zero-order valence-corrected chi connectivity index (χ0v) is 18.0. The van der Waals surface area contributed by atoms with E-state index in [9.17, 15) is 9.59 Å². The summed E-state index contributed by atoms with van der Waals surface area (Å²) >= 11 is 0. The number of piperazine rings is 1. The van der Waals surface area contributed by atoms with Crippen molar-refractivity contribution < 1.29 is 14.3 Å². The molecule has 9 nitrogen and oxygen atoms in total. The zero-order chi connectivity index (χ0) is 21.4. The lowest BCUT2D eigenvalue weighted by atomic mass is 10.1. The number of carbonyl (C=O) groups is 2. The predicted molar refractivity (Wildman–Crippen MR) is 116 cm³/mol. The number of fused-ring (bicyclic) bond motifs is 1. The van der Waals surface area contributed by atoms with Gasteiger partial charge in [-0.3, -0.25) is 24.8 Å². The smallest absolute Gasteiger partial charge is 0.328 e. The minimum atomic E-state index is -0.382. The van der Waals surface area contributed by atoms with Gasteiger partial charge in [-0.2, -0.15) is 5.10 Å². The Labute approximate surface area is 181 Å². The Morgan fingerprint density at radius 3 is 2.94 bits per heavy atom. The molecule has 1 N–H and O–H groups in total. The minimum absolute atomic E-state index is 0.231. The lowest BCUT2D eigenvalue weighted by molar-refractivity contribution is -0.120. The van der Waals surface area contributed by atoms with Gasteiger partial charge in [0.05, 0.1) is 23.5 Å². The van der Waals surface area contributed by atoms with E-state index in [2.05, 4.69) is 39.3 Å². The molecule has 3 amide bonds. The number of nitrogens with zero attached hydrogens (tertiary/aromatic N) is 5. The van der Waals surface area contributed by atoms with E-state index in [-0.39, 0.29) is 11.9 Å². The molecule has 3 aliphatic heterocycles. The number of anilines is 1. The summed E-state index contributed by atoms with van der Waals surface area (Å²) in [5.74, 6) is -0.231. The normalized spacial score (nSPS) is 26.0. The Kier molecular flexibility index (Phi) is 5.64. The quantitative estimate of drug-likeness (QED) is 0.780. The van der Waals surface area contributed by atoms with Gasteiger partial charge in [-0.25, -0.2) is 9.31 Å². The summed E-state index contributed by atoms with van der Waals surface area (Å²) in [6, 6.07) is 4.29. The number of aromatic nitrogens is 2. The van der Waals surface area contributed by atoms with Crippen LogP contribution < -0.4 is 10.2 Å². The first-order chi connectivity index (χ1) is 15.1. The second kappa shape index (κ2) is 8.57. The lowest BCUT2D eigenvalue weighted by Gasteiger charge is -2.40. The van der Waals surface area contributed by atoms with Crippen molar-refractivity contribution in [3.8, 4) is 0 Å². The number of urea groups is 1. The summed E-state index contributed by atoms with van der Waals surface area (Å²) in [6.45, 7) is 8.63. The topological polar surface area (TPSA) is 82.4 Å². The number of pyridine rings is 1. The number of imide groups is 1. The first-order valence-corrected chi connectivity index (χ1v) is 11.2. The molecule has 166 valence electrons. The number of carbonyl (C=O) groups excluding carboxylic acids is 2. The molecule has 5 heterocycles. The van der Waals surface area contributed by atoms with E-state index in [1.165, 1.54) is 18.4 Å². The first kappa shape index (κ1) is 20.4. The highest BCUT2D eigenvalue weighted by Gasteiger charge is 2.28. The molecule has 0 aromatic carbocycles. The first-order valence-electron chi connectivity index (χ1n) is 11.2. The average molecular weight is 427 g/mol. The van der Waals surface area contributed by atoms with Crippen LogP contribution in [0.1, 0.15) is 31.7 Å². The molecule has 0 radical (unpaired) electrons. The SMILES string of the molecule is C[C@H]1CN(CC2CCCO2)CCN1Cc1ccn2ncc(N3CCC(=O)NC3=O)c2c1. The van der Waals surface area contributed by atoms with Gasteiger partial charge in [0.25, 0.3) is 0 Å². The Balaban J connectivity index is 1.26. The molecule has 5 rings (SSSR count). The monoisotopic (exact) mass is 426 g/mol. The zero-order valence-electron chi connectivity index (χ0n) is 18.0. The van der Waals surface area contributed by atoms with E-state index >= 15 is 0 Å². The fourth-order valence-electron chi connectivity index (χ4n) is 4.89. The maximum Gasteiger partial charge on any atom is 0.328 e. The minimum Gasteiger partial charge on any atom is -0.377 e. The molecular weight excluding hydrogens is 396 g/mol. The van der Waals surface area contributed by atoms with Crippen LogP contribution in [0.15, 0.2) is 24.5 Å². The second-order valence-corrected chi connectivity index (χ2v) is 8.86. The molecule has 3 fully saturated rings. The third kappa shape index (κ3) is 4.30. The van der Waals surface area contributed by atoms with Crippen LogP contribution in [0.25, 0.3) is 5.52 Å². The van der Waals surface area contributed by atoms with Crippen molar-refractivity contribution in [1.82, 2.24) is 24.7 Å². The second-order valence-electron chi connectivity index (χ2n) is 8.86. The van der Waals surface area contributed by atoms with Gasteiger partial charge in [-0.1, -0.05) is 0 Å². The lowest BCUT2D eigenvalue weighted by Crippen LogP contribution is -2.52. The largest absolute Gasteiger partial charge is 0.377 e. The average Bonchev–Trinajstić information content (AvgIpc) is 3.40. The molecule has 31 heavy (non-hydrogen) atoms. The number of amides is 3. The van der Waals surface area contributed by atoms with Crippen molar-refractivity contribution in [3.63, 3.8) is 0 Å². The van der Waals surface area contributed by atoms with Crippen molar-refractivity contribution in [3.05, 3.63) is 30.1 Å². The number of nitrogens with one attached hydrogen (secondary N) is 1. The summed E-state index contributed by atoms with van der Waals surface area (Å²) < 4.78 is 7.59. The Morgan fingerprint density at radius 2 is 2.16 bits per heavy atom. The van der Waals surface area contributed by atoms with E-state index in [1.807, 2.05) is 6.20 Å². The highest BCUT2D eigenvalue weighted by atomic mass is 16.5. The van der Waals surface area contributed by atoms with Gasteiger partial charge in [0.15, 0.2) is 0 Å². The molecule has 0 aliphatic carbocycles. The third-order valence-electron chi connectivity index (χ3n) is 6.63. The summed E-state index contributed by atoms with van der Waals surface area (Å²) in [5, 5.41) is 6.77. The number of hydrogen-bond acceptors (Lipinski definition) is 6. The van der Waals surface area contributed by atoms with Crippen LogP contribution in [-0.2, 0) is 16.1 Å². The van der Waals surface area contributed by atoms with Crippen molar-refractivity contribution >= 4 is 23.1 Å². The summed E-state index contributed by atoms with van der Waals surface area (Å²) in [4.78, 5) is 30.4. The number of rotatable bonds is 5. The number of ether oxygens (including phenoxy) is 1. The predicted octanol–water partition coefficient (Wildman–Crippen LogP) is 1.47. The molecule has 2 aromatic heterocycles. The molecule has 0 spiro atoms. The molecule has 0 bridgehead atoms. The highest BCUT2D eigenvalue weighted by Crippen LogP contribution is 2.25. The number of hydrogen-bond donors (Lipinski definition) is 1. The molecule has 3 saturated heterocycles. The van der Waals surface area contributed by atoms with Gasteiger partial charge in [0, 0.05) is 64.5 Å². The van der Waals surface area contributed by atoms with Gasteiger partial charge in [-0.05, 0) is 37.5 Å². The Morgan fingerprint density at radius 1 is 1.26 bits per heavy atom. The van der Waals surface area contributed by atoms with Crippen molar-refractivity contribution in [2.24, 2.45) is 0 Å². The van der Waals surface area contributed by atoms with E-state index in [1.54, 1.807) is 15.6 Å². The maximum absolute atomic E-state index is 12.3. The molecule has 0 saturated carbocycles. The van der Waals surface area contributed by atoms with Crippen LogP contribution in [0.4, 0.5) is 10.5 Å². The molecule has 2 atom stereocenters. The summed E-state index contributed by atoms with van der Waals surface area (Å²) in [5.41, 5.74) is 2.81. The molecule has 9 heteroatoms. The van der Waals surface area contributed by atoms with Crippen molar-refractivity contribution in [2.75, 3.05) is 44.2 Å². The Hall–Kier alpha value is -2.49. The fourth-order valence-corrected chi connectivity index (χ4v) is 4.89. The molecule has 3 aliphatic rings. The van der Waals surface area contributed by atoms with Crippen molar-refractivity contribution in [1.29, 1.82) is 0 Å². The van der Waals surface area contributed by atoms with E-state index in [4.69, 9.17) is 4.74 Å². The fraction of sp³-hybridized carbons (Fsp3) is 0.591. The maximum atomic E-state index is 12.3. The highest BCUT2D eigenvalue weighted by molar-refractivity contribution is 6.07. The molecular formula is C22H30N6O3. The van der Waals surface area contributed by atoms with E-state index in [0.717, 1.165) is 50.5 Å². The van der Waals surface area contributed by atoms with Crippen LogP contribution >= 0.6 is 0 Å². The summed E-state index contributed by atoms with van der Waals surface area (Å²) in [7, 11) is 0. The van der Waals surface area contributed by atoms with E-state index in [0.29, 0.717) is 25.1 Å². The molecule has 1 unspecified atom stereocenters. The van der Waals surface area contributed by atoms with Crippen LogP contribution in [0.5, 0.6) is 0 Å². The van der Waals surface area contributed by atoms with E-state index < -0.39 is 0 Å². The van der Waals surface area contributed by atoms with Gasteiger partial charge in [0.1, 0.15) is 0 Å². The third-order valence-corrected chi connectivity index (χ3v) is 6.63. The van der Waals surface area contributed by atoms with Crippen LogP contribution in [-0.4, -0.2) is 82.8 Å². The van der Waals surface area contributed by atoms with Crippen molar-refractivity contribution in [2.45, 2.75) is 44.9 Å². The summed E-state index contributed by atoms with van der Waals surface area (Å²) in [6.07, 6.45) is 6.72. The van der Waals surface area contributed by atoms with Crippen LogP contribution in [0.2, 0.25) is 0 Å². The van der Waals surface area contributed by atoms with Gasteiger partial charge >= 0.3 is 6.03 Å². The standard InChI is InChI=1S/C22H30N6O3/c1-16-13-25(15-18-3-2-10-31-18)8-9-26(16)14-17-4-7-28-19(11-17)20(12-23-28)27-6-5-21(29)24-22(27)30/h4,7,11-12,16,18H,2-3,5-6,8-10,13-15H2,1H3,(H,24,29,30)/t16-,18?/m0/s1. The van der Waals surface area contributed by atoms with Crippen LogP contribution in [0, 0.1) is 0 Å². The Bertz CT molecular complexity index is 969. The van der Waals surface area contributed by atoms with Crippen LogP contribution in [0.3, 0.4) is 0 Å². The van der Waals surface area contributed by atoms with Gasteiger partial charge in [-0.15, -0.1) is 0 Å². The van der Waals surface area contributed by atoms with Gasteiger partial charge in [0.2, 0.25) is 5.91 Å². The van der Waals surface area contributed by atoms with Gasteiger partial charge < -0.3 is 4.74 Å².